The van der Waals surface area contributed by atoms with Gasteiger partial charge in [0.2, 0.25) is 0 Å². The largest absolute Gasteiger partial charge is 0.265 e. The minimum absolute atomic E-state index is 0.816. The standard InChI is InChI=1S/2C54H36N4/c1-3-11-37(12-4-1)39-17-21-41(22-18-39)47-35-51-52(36-48(47)42-23-19-40(20-24-42)38-13-5-2-6-14-38)58-54(46-31-27-44(28-32-46)50-16-8-10-34-56-50)53(57-51)45-29-25-43(26-30-45)49-15-7-9-33-55-49;1-3-7-37(8-4-1)39-11-19-45(20-12-39)49-35-51-52(36-50(49)46-21-13-40(14-22-46)38-9-5-2-6-10-38)58-54(48-25-17-42(18-26-48)44-29-33-56-34-30-44)53(57-51)47-23-15-41(16-24-47)43-27-31-55-32-28-43/h2*1-36H. The molecule has 0 aliphatic rings. The Morgan fingerprint density at radius 1 is 0.129 bits per heavy atom. The van der Waals surface area contributed by atoms with E-state index in [9.17, 15) is 0 Å². The van der Waals surface area contributed by atoms with Crippen molar-refractivity contribution in [1.82, 2.24) is 39.9 Å². The van der Waals surface area contributed by atoms with Crippen molar-refractivity contribution in [2.24, 2.45) is 0 Å². The molecule has 0 bridgehead atoms. The second kappa shape index (κ2) is 32.4. The average molecular weight is 1480 g/mol. The monoisotopic (exact) mass is 1480 g/mol. The van der Waals surface area contributed by atoms with E-state index < -0.39 is 0 Å². The van der Waals surface area contributed by atoms with Crippen LogP contribution in [0.5, 0.6) is 0 Å². The molecule has 0 spiro atoms. The number of fused-ring (bicyclic) bond motifs is 2. The first-order valence-corrected chi connectivity index (χ1v) is 38.9. The third kappa shape index (κ3) is 15.1. The first-order chi connectivity index (χ1) is 57.5. The lowest BCUT2D eigenvalue weighted by Gasteiger charge is -2.16. The van der Waals surface area contributed by atoms with E-state index in [-0.39, 0.29) is 0 Å². The maximum atomic E-state index is 5.46. The highest BCUT2D eigenvalue weighted by Gasteiger charge is 2.22. The Labute approximate surface area is 674 Å². The number of hydrogen-bond donors (Lipinski definition) is 0. The Kier molecular flexibility index (Phi) is 19.7. The van der Waals surface area contributed by atoms with E-state index in [0.717, 1.165) is 156 Å². The molecule has 8 nitrogen and oxygen atoms in total. The minimum Gasteiger partial charge on any atom is -0.265 e. The van der Waals surface area contributed by atoms with Gasteiger partial charge in [-0.15, -0.1) is 0 Å². The zero-order chi connectivity index (χ0) is 77.4. The quantitative estimate of drug-likeness (QED) is 0.0943. The predicted octanol–water partition coefficient (Wildman–Crippen LogP) is 27.5. The molecule has 0 N–H and O–H groups in total. The molecule has 20 rings (SSSR count). The van der Waals surface area contributed by atoms with Gasteiger partial charge >= 0.3 is 0 Å². The molecule has 544 valence electrons. The van der Waals surface area contributed by atoms with Gasteiger partial charge in [0.1, 0.15) is 0 Å². The van der Waals surface area contributed by atoms with Gasteiger partial charge in [0.15, 0.2) is 0 Å². The summed E-state index contributed by atoms with van der Waals surface area (Å²) in [5, 5.41) is 0. The fourth-order valence-electron chi connectivity index (χ4n) is 15.3. The van der Waals surface area contributed by atoms with E-state index in [1.165, 1.54) is 44.5 Å². The van der Waals surface area contributed by atoms with E-state index >= 15 is 0 Å². The van der Waals surface area contributed by atoms with Gasteiger partial charge in [0.05, 0.1) is 56.2 Å². The van der Waals surface area contributed by atoms with Crippen molar-refractivity contribution >= 4 is 22.1 Å². The number of aromatic nitrogens is 8. The fourth-order valence-corrected chi connectivity index (χ4v) is 15.3. The molecule has 0 saturated heterocycles. The number of hydrogen-bond acceptors (Lipinski definition) is 8. The average Bonchev–Trinajstić information content (AvgIpc) is 0.757. The third-order valence-corrected chi connectivity index (χ3v) is 21.4. The van der Waals surface area contributed by atoms with Crippen molar-refractivity contribution < 1.29 is 0 Å². The van der Waals surface area contributed by atoms with Crippen molar-refractivity contribution in [3.63, 3.8) is 0 Å². The summed E-state index contributed by atoms with van der Waals surface area (Å²) in [5.74, 6) is 0. The molecule has 6 aromatic heterocycles. The van der Waals surface area contributed by atoms with Gasteiger partial charge < -0.3 is 0 Å². The van der Waals surface area contributed by atoms with Crippen molar-refractivity contribution in [3.8, 4) is 179 Å². The van der Waals surface area contributed by atoms with Crippen LogP contribution in [0, 0.1) is 0 Å². The van der Waals surface area contributed by atoms with Crippen molar-refractivity contribution in [2.75, 3.05) is 0 Å². The Bertz CT molecular complexity index is 5530. The highest BCUT2D eigenvalue weighted by Crippen LogP contribution is 2.43. The Balaban J connectivity index is 0.000000155. The lowest BCUT2D eigenvalue weighted by molar-refractivity contribution is 1.29. The number of pyridine rings is 4. The number of benzene rings is 14. The summed E-state index contributed by atoms with van der Waals surface area (Å²) in [6.07, 6.45) is 10.9. The summed E-state index contributed by atoms with van der Waals surface area (Å²) in [5.41, 5.74) is 37.3. The summed E-state index contributed by atoms with van der Waals surface area (Å²) in [6, 6.07) is 140. The zero-order valence-corrected chi connectivity index (χ0v) is 63.1. The summed E-state index contributed by atoms with van der Waals surface area (Å²) in [7, 11) is 0. The van der Waals surface area contributed by atoms with Crippen LogP contribution in [0.3, 0.4) is 0 Å². The predicted molar refractivity (Wildman–Crippen MR) is 477 cm³/mol. The van der Waals surface area contributed by atoms with Gasteiger partial charge in [-0.2, -0.15) is 0 Å². The van der Waals surface area contributed by atoms with Gasteiger partial charge in [-0.25, -0.2) is 19.9 Å². The van der Waals surface area contributed by atoms with Gasteiger partial charge in [0, 0.05) is 70.6 Å². The Hall–Kier alpha value is -15.6. The van der Waals surface area contributed by atoms with E-state index in [4.69, 9.17) is 19.9 Å². The molecular formula is C108H72N8. The van der Waals surface area contributed by atoms with Crippen LogP contribution < -0.4 is 0 Å². The highest BCUT2D eigenvalue weighted by atomic mass is 14.8. The van der Waals surface area contributed by atoms with Crippen molar-refractivity contribution in [2.45, 2.75) is 0 Å². The molecule has 6 heterocycles. The lowest BCUT2D eigenvalue weighted by atomic mass is 9.91. The van der Waals surface area contributed by atoms with Gasteiger partial charge in [-0.1, -0.05) is 328 Å². The molecule has 116 heavy (non-hydrogen) atoms. The van der Waals surface area contributed by atoms with E-state index in [2.05, 4.69) is 360 Å². The van der Waals surface area contributed by atoms with E-state index in [1.807, 2.05) is 97.8 Å². The highest BCUT2D eigenvalue weighted by molar-refractivity contribution is 5.99. The first-order valence-electron chi connectivity index (χ1n) is 38.9. The molecule has 8 heteroatoms. The number of nitrogens with zero attached hydrogens (tertiary/aromatic N) is 8. The molecule has 14 aromatic carbocycles. The maximum Gasteiger partial charge on any atom is 0.0973 e. The molecule has 0 radical (unpaired) electrons. The van der Waals surface area contributed by atoms with Crippen molar-refractivity contribution in [1.29, 1.82) is 0 Å². The zero-order valence-electron chi connectivity index (χ0n) is 63.1. The molecule has 0 saturated carbocycles. The molecule has 0 aliphatic heterocycles. The molecule has 0 fully saturated rings. The van der Waals surface area contributed by atoms with Crippen LogP contribution >= 0.6 is 0 Å². The van der Waals surface area contributed by atoms with E-state index in [0.29, 0.717) is 0 Å². The first kappa shape index (κ1) is 70.7. The topological polar surface area (TPSA) is 103 Å². The van der Waals surface area contributed by atoms with Crippen LogP contribution in [0.25, 0.3) is 201 Å². The fraction of sp³-hybridized carbons (Fsp3) is 0. The van der Waals surface area contributed by atoms with Gasteiger partial charge in [0.25, 0.3) is 0 Å². The summed E-state index contributed by atoms with van der Waals surface area (Å²) in [4.78, 5) is 39.4. The second-order valence-electron chi connectivity index (χ2n) is 28.6. The van der Waals surface area contributed by atoms with Crippen LogP contribution in [-0.4, -0.2) is 39.9 Å². The van der Waals surface area contributed by atoms with E-state index in [1.54, 1.807) is 0 Å². The molecular weight excluding hydrogens is 1410 g/mol. The summed E-state index contributed by atoms with van der Waals surface area (Å²) < 4.78 is 0. The minimum atomic E-state index is 0.816. The maximum absolute atomic E-state index is 5.46. The normalized spacial score (nSPS) is 11.1. The molecule has 0 amide bonds. The van der Waals surface area contributed by atoms with Crippen LogP contribution in [0.4, 0.5) is 0 Å². The Morgan fingerprint density at radius 3 is 0.526 bits per heavy atom. The Morgan fingerprint density at radius 2 is 0.310 bits per heavy atom. The number of rotatable bonds is 16. The van der Waals surface area contributed by atoms with Crippen LogP contribution in [0.1, 0.15) is 0 Å². The third-order valence-electron chi connectivity index (χ3n) is 21.4. The lowest BCUT2D eigenvalue weighted by Crippen LogP contribution is -1.98. The SMILES string of the molecule is c1ccc(-c2ccc(-c3cc4nc(-c5ccc(-c6ccccn6)cc5)c(-c5ccc(-c6ccccn6)cc5)nc4cc3-c3ccc(-c4ccccc4)cc3)cc2)cc1.c1ccc(-c2ccc(-c3cc4nc(-c5ccc(-c6ccncc6)cc5)c(-c5ccc(-c6ccncc6)cc5)nc4cc3-c3ccc(-c4ccccc4)cc3)cc2)cc1. The molecule has 0 aliphatic carbocycles. The van der Waals surface area contributed by atoms with Gasteiger partial charge in [-0.05, 0) is 184 Å². The van der Waals surface area contributed by atoms with Crippen LogP contribution in [0.2, 0.25) is 0 Å². The van der Waals surface area contributed by atoms with Crippen molar-refractivity contribution in [3.05, 3.63) is 438 Å². The second-order valence-corrected chi connectivity index (χ2v) is 28.6. The van der Waals surface area contributed by atoms with Crippen LogP contribution in [0.15, 0.2) is 438 Å². The smallest absolute Gasteiger partial charge is 0.0973 e. The summed E-state index contributed by atoms with van der Waals surface area (Å²) in [6.45, 7) is 0. The summed E-state index contributed by atoms with van der Waals surface area (Å²) >= 11 is 0. The molecule has 0 unspecified atom stereocenters. The van der Waals surface area contributed by atoms with Gasteiger partial charge in [-0.3, -0.25) is 19.9 Å². The molecule has 0 atom stereocenters. The van der Waals surface area contributed by atoms with Crippen LogP contribution in [-0.2, 0) is 0 Å². The molecule has 20 aromatic rings.